The van der Waals surface area contributed by atoms with Crippen LogP contribution in [0.3, 0.4) is 0 Å². The van der Waals surface area contributed by atoms with Crippen molar-refractivity contribution in [2.45, 2.75) is 29.2 Å². The number of halogens is 1. The van der Waals surface area contributed by atoms with E-state index in [0.717, 1.165) is 0 Å². The van der Waals surface area contributed by atoms with Crippen molar-refractivity contribution >= 4 is 21.6 Å². The number of benzene rings is 1. The van der Waals surface area contributed by atoms with Gasteiger partial charge in [-0.25, -0.2) is 13.1 Å². The van der Waals surface area contributed by atoms with Gasteiger partial charge in [-0.15, -0.1) is 11.6 Å². The van der Waals surface area contributed by atoms with Crippen molar-refractivity contribution in [1.82, 2.24) is 4.72 Å². The minimum absolute atomic E-state index is 0.0504. The first-order chi connectivity index (χ1) is 8.53. The molecule has 1 aromatic carbocycles. The second kappa shape index (κ2) is 5.57. The first-order valence-electron chi connectivity index (χ1n) is 5.85. The smallest absolute Gasteiger partial charge is 0.240 e. The molecule has 1 fully saturated rings. The molecule has 0 heterocycles. The van der Waals surface area contributed by atoms with Gasteiger partial charge in [-0.05, 0) is 30.9 Å². The van der Waals surface area contributed by atoms with E-state index in [4.69, 9.17) is 11.6 Å². The fourth-order valence-electron chi connectivity index (χ4n) is 2.27. The first-order valence-corrected chi connectivity index (χ1v) is 7.77. The van der Waals surface area contributed by atoms with Crippen molar-refractivity contribution in [1.29, 1.82) is 0 Å². The van der Waals surface area contributed by atoms with Crippen LogP contribution in [0, 0.1) is 5.92 Å². The second-order valence-electron chi connectivity index (χ2n) is 4.55. The Labute approximate surface area is 112 Å². The first kappa shape index (κ1) is 13.8. The molecule has 3 unspecified atom stereocenters. The Balaban J connectivity index is 2.14. The number of sulfonamides is 1. The van der Waals surface area contributed by atoms with Crippen LogP contribution in [0.5, 0.6) is 0 Å². The predicted octanol–water partition coefficient (Wildman–Crippen LogP) is 1.34. The van der Waals surface area contributed by atoms with Gasteiger partial charge in [0.25, 0.3) is 0 Å². The average Bonchev–Trinajstić information content (AvgIpc) is 2.70. The summed E-state index contributed by atoms with van der Waals surface area (Å²) in [6.45, 7) is -0.0504. The van der Waals surface area contributed by atoms with Gasteiger partial charge in [-0.2, -0.15) is 0 Å². The molecule has 1 aliphatic carbocycles. The predicted molar refractivity (Wildman–Crippen MR) is 70.0 cm³/mol. The summed E-state index contributed by atoms with van der Waals surface area (Å²) in [5.74, 6) is -0.106. The van der Waals surface area contributed by atoms with Crippen LogP contribution in [0.15, 0.2) is 35.2 Å². The summed E-state index contributed by atoms with van der Waals surface area (Å²) >= 11 is 6.01. The van der Waals surface area contributed by atoms with Crippen LogP contribution in [0.2, 0.25) is 0 Å². The Bertz CT molecular complexity index is 491. The zero-order valence-electron chi connectivity index (χ0n) is 9.79. The molecule has 3 atom stereocenters. The molecule has 1 aromatic rings. The average molecular weight is 290 g/mol. The molecule has 0 radical (unpaired) electrons. The SMILES string of the molecule is O=S(=O)(NC1CC(Cl)CC1CO)c1ccccc1. The standard InChI is InChI=1S/C12H16ClNO3S/c13-10-6-9(8-15)12(7-10)14-18(16,17)11-4-2-1-3-5-11/h1-5,9-10,12,14-15H,6-8H2. The van der Waals surface area contributed by atoms with E-state index < -0.39 is 10.0 Å². The summed E-state index contributed by atoms with van der Waals surface area (Å²) < 4.78 is 26.9. The summed E-state index contributed by atoms with van der Waals surface area (Å²) in [6, 6.07) is 7.92. The van der Waals surface area contributed by atoms with E-state index in [1.165, 1.54) is 0 Å². The number of hydrogen-bond acceptors (Lipinski definition) is 3. The summed E-state index contributed by atoms with van der Waals surface area (Å²) in [4.78, 5) is 0.236. The maximum absolute atomic E-state index is 12.1. The topological polar surface area (TPSA) is 66.4 Å². The highest BCUT2D eigenvalue weighted by atomic mass is 35.5. The number of nitrogens with one attached hydrogen (secondary N) is 1. The van der Waals surface area contributed by atoms with Crippen LogP contribution < -0.4 is 4.72 Å². The van der Waals surface area contributed by atoms with Crippen molar-refractivity contribution < 1.29 is 13.5 Å². The van der Waals surface area contributed by atoms with Gasteiger partial charge in [-0.3, -0.25) is 0 Å². The fourth-order valence-corrected chi connectivity index (χ4v) is 4.03. The highest BCUT2D eigenvalue weighted by molar-refractivity contribution is 7.89. The van der Waals surface area contributed by atoms with Gasteiger partial charge in [-0.1, -0.05) is 18.2 Å². The van der Waals surface area contributed by atoms with Gasteiger partial charge in [0, 0.05) is 18.0 Å². The molecule has 2 rings (SSSR count). The van der Waals surface area contributed by atoms with Gasteiger partial charge in [0.05, 0.1) is 4.90 Å². The molecule has 1 aliphatic rings. The molecule has 100 valence electrons. The number of aliphatic hydroxyl groups excluding tert-OH is 1. The largest absolute Gasteiger partial charge is 0.396 e. The molecule has 0 aromatic heterocycles. The Morgan fingerprint density at radius 3 is 2.56 bits per heavy atom. The van der Waals surface area contributed by atoms with E-state index >= 15 is 0 Å². The van der Waals surface area contributed by atoms with E-state index in [2.05, 4.69) is 4.72 Å². The normalized spacial score (nSPS) is 28.4. The highest BCUT2D eigenvalue weighted by Crippen LogP contribution is 2.30. The van der Waals surface area contributed by atoms with Crippen LogP contribution >= 0.6 is 11.6 Å². The molecule has 0 saturated heterocycles. The summed E-state index contributed by atoms with van der Waals surface area (Å²) in [7, 11) is -3.53. The summed E-state index contributed by atoms with van der Waals surface area (Å²) in [6.07, 6.45) is 1.19. The van der Waals surface area contributed by atoms with Crippen molar-refractivity contribution in [3.63, 3.8) is 0 Å². The lowest BCUT2D eigenvalue weighted by atomic mass is 10.1. The zero-order valence-corrected chi connectivity index (χ0v) is 11.4. The summed E-state index contributed by atoms with van der Waals surface area (Å²) in [5.41, 5.74) is 0. The maximum Gasteiger partial charge on any atom is 0.240 e. The van der Waals surface area contributed by atoms with E-state index in [-0.39, 0.29) is 28.8 Å². The molecule has 18 heavy (non-hydrogen) atoms. The molecule has 0 bridgehead atoms. The van der Waals surface area contributed by atoms with E-state index in [0.29, 0.717) is 12.8 Å². The van der Waals surface area contributed by atoms with Gasteiger partial charge >= 0.3 is 0 Å². The minimum atomic E-state index is -3.53. The molecule has 0 amide bonds. The van der Waals surface area contributed by atoms with Crippen LogP contribution in [-0.2, 0) is 10.0 Å². The van der Waals surface area contributed by atoms with Crippen LogP contribution in [0.4, 0.5) is 0 Å². The Morgan fingerprint density at radius 2 is 1.94 bits per heavy atom. The minimum Gasteiger partial charge on any atom is -0.396 e. The van der Waals surface area contributed by atoms with E-state index in [1.54, 1.807) is 30.3 Å². The molecule has 4 nitrogen and oxygen atoms in total. The fraction of sp³-hybridized carbons (Fsp3) is 0.500. The Morgan fingerprint density at radius 1 is 1.28 bits per heavy atom. The van der Waals surface area contributed by atoms with Crippen molar-refractivity contribution in [2.75, 3.05) is 6.61 Å². The highest BCUT2D eigenvalue weighted by Gasteiger charge is 2.35. The quantitative estimate of drug-likeness (QED) is 0.822. The van der Waals surface area contributed by atoms with Crippen LogP contribution in [-0.4, -0.2) is 31.6 Å². The van der Waals surface area contributed by atoms with Crippen molar-refractivity contribution in [2.24, 2.45) is 5.92 Å². The molecule has 0 aliphatic heterocycles. The monoisotopic (exact) mass is 289 g/mol. The van der Waals surface area contributed by atoms with Crippen LogP contribution in [0.25, 0.3) is 0 Å². The zero-order chi connectivity index (χ0) is 13.2. The Kier molecular flexibility index (Phi) is 4.27. The van der Waals surface area contributed by atoms with Gasteiger partial charge in [0.15, 0.2) is 0 Å². The molecule has 6 heteroatoms. The lowest BCUT2D eigenvalue weighted by Crippen LogP contribution is -2.38. The Hall–Kier alpha value is -0.620. The molecule has 0 spiro atoms. The number of rotatable bonds is 4. The number of aliphatic hydroxyl groups is 1. The molecular formula is C12H16ClNO3S. The lowest BCUT2D eigenvalue weighted by Gasteiger charge is -2.18. The number of alkyl halides is 1. The molecule has 2 N–H and O–H groups in total. The van der Waals surface area contributed by atoms with Crippen molar-refractivity contribution in [3.05, 3.63) is 30.3 Å². The number of hydrogen-bond donors (Lipinski definition) is 2. The third-order valence-corrected chi connectivity index (χ3v) is 5.09. The van der Waals surface area contributed by atoms with E-state index in [1.807, 2.05) is 0 Å². The van der Waals surface area contributed by atoms with Gasteiger partial charge in [0.2, 0.25) is 10.0 Å². The van der Waals surface area contributed by atoms with Gasteiger partial charge < -0.3 is 5.11 Å². The third kappa shape index (κ3) is 3.03. The third-order valence-electron chi connectivity index (χ3n) is 3.23. The second-order valence-corrected chi connectivity index (χ2v) is 6.88. The molecular weight excluding hydrogens is 274 g/mol. The van der Waals surface area contributed by atoms with Crippen molar-refractivity contribution in [3.8, 4) is 0 Å². The maximum atomic E-state index is 12.1. The van der Waals surface area contributed by atoms with E-state index in [9.17, 15) is 13.5 Å². The van der Waals surface area contributed by atoms with Crippen LogP contribution in [0.1, 0.15) is 12.8 Å². The molecule has 1 saturated carbocycles. The summed E-state index contributed by atoms with van der Waals surface area (Å²) in [5, 5.41) is 9.15. The van der Waals surface area contributed by atoms with Gasteiger partial charge in [0.1, 0.15) is 0 Å². The lowest BCUT2D eigenvalue weighted by molar-refractivity contribution is 0.213.